The number of fused-ring (bicyclic) bond motifs is 1. The highest BCUT2D eigenvalue weighted by Crippen LogP contribution is 2.31. The normalized spacial score (nSPS) is 13.7. The first-order valence-electron chi connectivity index (χ1n) is 5.71. The van der Waals surface area contributed by atoms with Crippen LogP contribution in [0.5, 0.6) is 0 Å². The second kappa shape index (κ2) is 4.00. The molecule has 0 spiro atoms. The Bertz CT molecular complexity index is 540. The van der Waals surface area contributed by atoms with Gasteiger partial charge in [0, 0.05) is 4.88 Å². The highest BCUT2D eigenvalue weighted by atomic mass is 32.1. The molecule has 17 heavy (non-hydrogen) atoms. The van der Waals surface area contributed by atoms with Crippen molar-refractivity contribution in [3.63, 3.8) is 0 Å². The number of thiazole rings is 1. The van der Waals surface area contributed by atoms with Crippen LogP contribution >= 0.6 is 11.3 Å². The number of anilines is 3. The molecule has 0 fully saturated rings. The lowest BCUT2D eigenvalue weighted by Crippen LogP contribution is -1.98. The number of nitrogens with two attached hydrogens (primary N) is 1. The number of nitrogens with one attached hydrogen (secondary N) is 1. The van der Waals surface area contributed by atoms with Crippen LogP contribution in [0.2, 0.25) is 0 Å². The van der Waals surface area contributed by atoms with E-state index >= 15 is 0 Å². The summed E-state index contributed by atoms with van der Waals surface area (Å²) in [5.41, 5.74) is 8.56. The van der Waals surface area contributed by atoms with Gasteiger partial charge in [0.05, 0.1) is 17.1 Å². The summed E-state index contributed by atoms with van der Waals surface area (Å²) in [6.07, 6.45) is 3.53. The Morgan fingerprint density at radius 1 is 1.29 bits per heavy atom. The van der Waals surface area contributed by atoms with Crippen molar-refractivity contribution in [1.29, 1.82) is 0 Å². The van der Waals surface area contributed by atoms with Crippen LogP contribution in [-0.4, -0.2) is 9.97 Å². The number of aryl methyl sites for hydroxylation is 3. The van der Waals surface area contributed by atoms with Crippen molar-refractivity contribution in [2.24, 2.45) is 0 Å². The third-order valence-electron chi connectivity index (χ3n) is 2.96. The largest absolute Gasteiger partial charge is 0.397 e. The van der Waals surface area contributed by atoms with Crippen LogP contribution in [0.1, 0.15) is 22.7 Å². The zero-order valence-electron chi connectivity index (χ0n) is 9.66. The average molecular weight is 246 g/mol. The molecule has 1 aliphatic rings. The standard InChI is InChI=1S/C12H14N4S/c1-7-8(13)5-6-11(14-7)16-12-15-9-3-2-4-10(9)17-12/h5-6H,2-4,13H2,1H3,(H,14,15,16). The fourth-order valence-electron chi connectivity index (χ4n) is 1.99. The molecule has 0 aliphatic heterocycles. The van der Waals surface area contributed by atoms with Gasteiger partial charge in [-0.1, -0.05) is 0 Å². The lowest BCUT2D eigenvalue weighted by Gasteiger charge is -2.04. The molecule has 0 atom stereocenters. The number of nitrogen functional groups attached to an aromatic ring is 1. The number of nitrogens with zero attached hydrogens (tertiary/aromatic N) is 2. The highest BCUT2D eigenvalue weighted by molar-refractivity contribution is 7.15. The van der Waals surface area contributed by atoms with E-state index < -0.39 is 0 Å². The van der Waals surface area contributed by atoms with Gasteiger partial charge < -0.3 is 11.1 Å². The highest BCUT2D eigenvalue weighted by Gasteiger charge is 2.16. The number of pyridine rings is 1. The SMILES string of the molecule is Cc1nc(Nc2nc3c(s2)CCC3)ccc1N. The Balaban J connectivity index is 1.83. The maximum Gasteiger partial charge on any atom is 0.188 e. The van der Waals surface area contributed by atoms with Gasteiger partial charge in [0.1, 0.15) is 5.82 Å². The second-order valence-corrected chi connectivity index (χ2v) is 5.32. The van der Waals surface area contributed by atoms with Crippen LogP contribution in [0.4, 0.5) is 16.6 Å². The quantitative estimate of drug-likeness (QED) is 0.855. The van der Waals surface area contributed by atoms with E-state index in [1.165, 1.54) is 23.4 Å². The molecule has 2 aromatic rings. The fraction of sp³-hybridized carbons (Fsp3) is 0.333. The van der Waals surface area contributed by atoms with Crippen molar-refractivity contribution in [1.82, 2.24) is 9.97 Å². The van der Waals surface area contributed by atoms with Crippen molar-refractivity contribution in [3.8, 4) is 0 Å². The first-order chi connectivity index (χ1) is 8.22. The summed E-state index contributed by atoms with van der Waals surface area (Å²) in [4.78, 5) is 10.4. The molecule has 5 heteroatoms. The van der Waals surface area contributed by atoms with Crippen molar-refractivity contribution < 1.29 is 0 Å². The van der Waals surface area contributed by atoms with Gasteiger partial charge in [-0.2, -0.15) is 0 Å². The molecular formula is C12H14N4S. The first kappa shape index (κ1) is 10.5. The van der Waals surface area contributed by atoms with Gasteiger partial charge in [-0.3, -0.25) is 0 Å². The van der Waals surface area contributed by atoms with E-state index in [4.69, 9.17) is 5.73 Å². The Morgan fingerprint density at radius 2 is 2.18 bits per heavy atom. The molecule has 3 N–H and O–H groups in total. The Morgan fingerprint density at radius 3 is 2.94 bits per heavy atom. The summed E-state index contributed by atoms with van der Waals surface area (Å²) in [5, 5.41) is 4.18. The summed E-state index contributed by atoms with van der Waals surface area (Å²) in [6, 6.07) is 3.75. The zero-order valence-corrected chi connectivity index (χ0v) is 10.5. The molecule has 0 saturated carbocycles. The third kappa shape index (κ3) is 1.98. The lowest BCUT2D eigenvalue weighted by molar-refractivity contribution is 0.900. The predicted octanol–water partition coefficient (Wildman–Crippen LogP) is 2.66. The molecule has 2 aromatic heterocycles. The lowest BCUT2D eigenvalue weighted by atomic mass is 10.3. The van der Waals surface area contributed by atoms with E-state index in [1.807, 2.05) is 19.1 Å². The molecule has 3 rings (SSSR count). The minimum absolute atomic E-state index is 0.720. The van der Waals surface area contributed by atoms with Crippen molar-refractivity contribution in [2.75, 3.05) is 11.1 Å². The minimum Gasteiger partial charge on any atom is -0.397 e. The fourth-order valence-corrected chi connectivity index (χ4v) is 3.05. The molecule has 0 unspecified atom stereocenters. The summed E-state index contributed by atoms with van der Waals surface area (Å²) < 4.78 is 0. The summed E-state index contributed by atoms with van der Waals surface area (Å²) in [6.45, 7) is 1.91. The smallest absolute Gasteiger partial charge is 0.188 e. The Kier molecular flexibility index (Phi) is 2.48. The van der Waals surface area contributed by atoms with Crippen LogP contribution in [-0.2, 0) is 12.8 Å². The molecule has 0 radical (unpaired) electrons. The van der Waals surface area contributed by atoms with E-state index in [-0.39, 0.29) is 0 Å². The van der Waals surface area contributed by atoms with Gasteiger partial charge in [0.15, 0.2) is 5.13 Å². The maximum atomic E-state index is 5.74. The molecule has 1 aliphatic carbocycles. The van der Waals surface area contributed by atoms with Crippen LogP contribution in [0.25, 0.3) is 0 Å². The molecule has 2 heterocycles. The van der Waals surface area contributed by atoms with Crippen LogP contribution in [0, 0.1) is 6.92 Å². The van der Waals surface area contributed by atoms with Gasteiger partial charge in [-0.15, -0.1) is 11.3 Å². The van der Waals surface area contributed by atoms with Crippen LogP contribution < -0.4 is 11.1 Å². The number of hydrogen-bond donors (Lipinski definition) is 2. The Labute approximate surface area is 104 Å². The number of hydrogen-bond acceptors (Lipinski definition) is 5. The first-order valence-corrected chi connectivity index (χ1v) is 6.53. The number of rotatable bonds is 2. The van der Waals surface area contributed by atoms with Gasteiger partial charge in [-0.25, -0.2) is 9.97 Å². The second-order valence-electron chi connectivity index (χ2n) is 4.24. The molecular weight excluding hydrogens is 232 g/mol. The molecule has 0 amide bonds. The van der Waals surface area contributed by atoms with Crippen LogP contribution in [0.3, 0.4) is 0 Å². The molecule has 4 nitrogen and oxygen atoms in total. The number of aromatic nitrogens is 2. The zero-order chi connectivity index (χ0) is 11.8. The molecule has 88 valence electrons. The van der Waals surface area contributed by atoms with E-state index in [1.54, 1.807) is 11.3 Å². The van der Waals surface area contributed by atoms with E-state index in [0.717, 1.165) is 28.8 Å². The topological polar surface area (TPSA) is 63.8 Å². The van der Waals surface area contributed by atoms with Gasteiger partial charge in [0.2, 0.25) is 0 Å². The third-order valence-corrected chi connectivity index (χ3v) is 4.03. The molecule has 0 aromatic carbocycles. The summed E-state index contributed by atoms with van der Waals surface area (Å²) in [7, 11) is 0. The maximum absolute atomic E-state index is 5.74. The van der Waals surface area contributed by atoms with E-state index in [9.17, 15) is 0 Å². The van der Waals surface area contributed by atoms with Crippen LogP contribution in [0.15, 0.2) is 12.1 Å². The summed E-state index contributed by atoms with van der Waals surface area (Å²) in [5.74, 6) is 0.809. The summed E-state index contributed by atoms with van der Waals surface area (Å²) >= 11 is 1.73. The van der Waals surface area contributed by atoms with Crippen molar-refractivity contribution >= 4 is 28.0 Å². The van der Waals surface area contributed by atoms with E-state index in [0.29, 0.717) is 0 Å². The van der Waals surface area contributed by atoms with Crippen molar-refractivity contribution in [3.05, 3.63) is 28.4 Å². The van der Waals surface area contributed by atoms with Gasteiger partial charge >= 0.3 is 0 Å². The van der Waals surface area contributed by atoms with Crippen molar-refractivity contribution in [2.45, 2.75) is 26.2 Å². The monoisotopic (exact) mass is 246 g/mol. The molecule has 0 saturated heterocycles. The minimum atomic E-state index is 0.720. The van der Waals surface area contributed by atoms with Gasteiger partial charge in [-0.05, 0) is 38.3 Å². The van der Waals surface area contributed by atoms with E-state index in [2.05, 4.69) is 15.3 Å². The average Bonchev–Trinajstić information content (AvgIpc) is 2.84. The molecule has 0 bridgehead atoms. The Hall–Kier alpha value is -1.62. The van der Waals surface area contributed by atoms with Gasteiger partial charge in [0.25, 0.3) is 0 Å². The predicted molar refractivity (Wildman–Crippen MR) is 70.8 cm³/mol.